The summed E-state index contributed by atoms with van der Waals surface area (Å²) >= 11 is 0. The van der Waals surface area contributed by atoms with E-state index in [1.165, 1.54) is 25.7 Å². The summed E-state index contributed by atoms with van der Waals surface area (Å²) in [5, 5.41) is 12.6. The van der Waals surface area contributed by atoms with E-state index in [1.807, 2.05) is 30.3 Å². The van der Waals surface area contributed by atoms with Crippen molar-refractivity contribution < 1.29 is 9.90 Å². The highest BCUT2D eigenvalue weighted by molar-refractivity contribution is 5.75. The van der Waals surface area contributed by atoms with Crippen LogP contribution in [0.2, 0.25) is 0 Å². The van der Waals surface area contributed by atoms with Crippen molar-refractivity contribution in [2.24, 2.45) is 11.8 Å². The van der Waals surface area contributed by atoms with Crippen molar-refractivity contribution in [3.05, 3.63) is 35.9 Å². The standard InChI is InChI=1S/C16H23NO2/c1-12-7-5-6-10-14(12)11-17-15(16(18)19)13-8-3-2-4-9-13/h2-4,8-9,12,14-15,17H,5-7,10-11H2,1H3,(H,18,19)/t12?,14?,15-/m1/s1. The summed E-state index contributed by atoms with van der Waals surface area (Å²) in [5.41, 5.74) is 0.832. The molecule has 0 radical (unpaired) electrons. The highest BCUT2D eigenvalue weighted by Gasteiger charge is 2.24. The lowest BCUT2D eigenvalue weighted by Crippen LogP contribution is -2.35. The van der Waals surface area contributed by atoms with Crippen LogP contribution < -0.4 is 5.32 Å². The second-order valence-corrected chi connectivity index (χ2v) is 5.61. The molecule has 3 heteroatoms. The van der Waals surface area contributed by atoms with Crippen molar-refractivity contribution in [2.45, 2.75) is 38.6 Å². The van der Waals surface area contributed by atoms with Crippen LogP contribution in [0.5, 0.6) is 0 Å². The Morgan fingerprint density at radius 3 is 2.63 bits per heavy atom. The normalized spacial score (nSPS) is 24.9. The molecule has 0 amide bonds. The zero-order chi connectivity index (χ0) is 13.7. The number of carboxylic acids is 1. The Bertz CT molecular complexity index is 404. The number of carboxylic acid groups (broad SMARTS) is 1. The van der Waals surface area contributed by atoms with Gasteiger partial charge >= 0.3 is 5.97 Å². The number of hydrogen-bond acceptors (Lipinski definition) is 2. The monoisotopic (exact) mass is 261 g/mol. The summed E-state index contributed by atoms with van der Waals surface area (Å²) in [5.74, 6) is 0.514. The Labute approximate surface area is 115 Å². The van der Waals surface area contributed by atoms with Crippen molar-refractivity contribution >= 4 is 5.97 Å². The number of rotatable bonds is 5. The van der Waals surface area contributed by atoms with E-state index in [0.717, 1.165) is 12.1 Å². The fourth-order valence-corrected chi connectivity index (χ4v) is 2.96. The molecule has 2 rings (SSSR count). The molecule has 104 valence electrons. The summed E-state index contributed by atoms with van der Waals surface area (Å²) in [6.45, 7) is 3.08. The molecule has 3 nitrogen and oxygen atoms in total. The summed E-state index contributed by atoms with van der Waals surface area (Å²) in [6.07, 6.45) is 5.09. The average Bonchev–Trinajstić information content (AvgIpc) is 2.42. The summed E-state index contributed by atoms with van der Waals surface area (Å²) in [6, 6.07) is 8.83. The quantitative estimate of drug-likeness (QED) is 0.855. The van der Waals surface area contributed by atoms with Gasteiger partial charge in [-0.15, -0.1) is 0 Å². The third-order valence-electron chi connectivity index (χ3n) is 4.25. The Balaban J connectivity index is 1.96. The maximum Gasteiger partial charge on any atom is 0.325 e. The molecule has 1 aromatic rings. The number of aliphatic carboxylic acids is 1. The molecule has 0 saturated heterocycles. The maximum absolute atomic E-state index is 11.4. The Hall–Kier alpha value is -1.35. The van der Waals surface area contributed by atoms with Gasteiger partial charge in [0.15, 0.2) is 0 Å². The summed E-state index contributed by atoms with van der Waals surface area (Å²) in [7, 11) is 0. The fraction of sp³-hybridized carbons (Fsp3) is 0.562. The molecular weight excluding hydrogens is 238 g/mol. The van der Waals surface area contributed by atoms with Crippen LogP contribution in [-0.4, -0.2) is 17.6 Å². The van der Waals surface area contributed by atoms with Crippen LogP contribution >= 0.6 is 0 Å². The third-order valence-corrected chi connectivity index (χ3v) is 4.25. The van der Waals surface area contributed by atoms with E-state index in [-0.39, 0.29) is 0 Å². The molecule has 1 saturated carbocycles. The Kier molecular flexibility index (Phi) is 4.97. The van der Waals surface area contributed by atoms with Gasteiger partial charge in [0.05, 0.1) is 0 Å². The zero-order valence-corrected chi connectivity index (χ0v) is 11.5. The van der Waals surface area contributed by atoms with Crippen LogP contribution in [-0.2, 0) is 4.79 Å². The first kappa shape index (κ1) is 14.1. The zero-order valence-electron chi connectivity index (χ0n) is 11.5. The van der Waals surface area contributed by atoms with E-state index in [9.17, 15) is 9.90 Å². The van der Waals surface area contributed by atoms with E-state index in [2.05, 4.69) is 12.2 Å². The lowest BCUT2D eigenvalue weighted by molar-refractivity contribution is -0.139. The molecule has 0 heterocycles. The van der Waals surface area contributed by atoms with Gasteiger partial charge in [-0.25, -0.2) is 0 Å². The first-order valence-electron chi connectivity index (χ1n) is 7.19. The van der Waals surface area contributed by atoms with E-state index < -0.39 is 12.0 Å². The molecular formula is C16H23NO2. The smallest absolute Gasteiger partial charge is 0.325 e. The van der Waals surface area contributed by atoms with E-state index in [4.69, 9.17) is 0 Å². The van der Waals surface area contributed by atoms with Gasteiger partial charge in [-0.2, -0.15) is 0 Å². The molecule has 0 aliphatic heterocycles. The number of carbonyl (C=O) groups is 1. The molecule has 0 aromatic heterocycles. The minimum Gasteiger partial charge on any atom is -0.480 e. The average molecular weight is 261 g/mol. The van der Waals surface area contributed by atoms with Crippen molar-refractivity contribution in [2.75, 3.05) is 6.54 Å². The first-order valence-corrected chi connectivity index (χ1v) is 7.19. The fourth-order valence-electron chi connectivity index (χ4n) is 2.96. The predicted molar refractivity (Wildman–Crippen MR) is 75.9 cm³/mol. The van der Waals surface area contributed by atoms with Crippen molar-refractivity contribution in [1.29, 1.82) is 0 Å². The third kappa shape index (κ3) is 3.80. The Morgan fingerprint density at radius 2 is 2.00 bits per heavy atom. The van der Waals surface area contributed by atoms with Crippen molar-refractivity contribution in [3.8, 4) is 0 Å². The topological polar surface area (TPSA) is 49.3 Å². The maximum atomic E-state index is 11.4. The van der Waals surface area contributed by atoms with Crippen LogP contribution in [0.4, 0.5) is 0 Å². The molecule has 0 spiro atoms. The van der Waals surface area contributed by atoms with Gasteiger partial charge < -0.3 is 10.4 Å². The van der Waals surface area contributed by atoms with Gasteiger partial charge in [0.1, 0.15) is 6.04 Å². The molecule has 3 atom stereocenters. The van der Waals surface area contributed by atoms with Crippen molar-refractivity contribution in [3.63, 3.8) is 0 Å². The second-order valence-electron chi connectivity index (χ2n) is 5.61. The lowest BCUT2D eigenvalue weighted by atomic mass is 9.80. The number of nitrogens with one attached hydrogen (secondary N) is 1. The van der Waals surface area contributed by atoms with Crippen LogP contribution in [0.15, 0.2) is 30.3 Å². The van der Waals surface area contributed by atoms with Crippen LogP contribution in [0.1, 0.15) is 44.2 Å². The lowest BCUT2D eigenvalue weighted by Gasteiger charge is -2.30. The largest absolute Gasteiger partial charge is 0.480 e. The summed E-state index contributed by atoms with van der Waals surface area (Å²) in [4.78, 5) is 11.4. The summed E-state index contributed by atoms with van der Waals surface area (Å²) < 4.78 is 0. The highest BCUT2D eigenvalue weighted by Crippen LogP contribution is 2.29. The van der Waals surface area contributed by atoms with Crippen molar-refractivity contribution in [1.82, 2.24) is 5.32 Å². The number of benzene rings is 1. The first-order chi connectivity index (χ1) is 9.18. The van der Waals surface area contributed by atoms with Gasteiger partial charge in [-0.05, 0) is 30.4 Å². The molecule has 1 aliphatic carbocycles. The van der Waals surface area contributed by atoms with Crippen LogP contribution in [0.3, 0.4) is 0 Å². The van der Waals surface area contributed by atoms with Gasteiger partial charge in [0, 0.05) is 0 Å². The molecule has 19 heavy (non-hydrogen) atoms. The molecule has 2 unspecified atom stereocenters. The van der Waals surface area contributed by atoms with E-state index in [0.29, 0.717) is 11.8 Å². The minimum absolute atomic E-state index is 0.588. The van der Waals surface area contributed by atoms with E-state index in [1.54, 1.807) is 0 Å². The number of hydrogen-bond donors (Lipinski definition) is 2. The highest BCUT2D eigenvalue weighted by atomic mass is 16.4. The predicted octanol–water partition coefficient (Wildman–Crippen LogP) is 3.23. The van der Waals surface area contributed by atoms with Crippen LogP contribution in [0, 0.1) is 11.8 Å². The van der Waals surface area contributed by atoms with E-state index >= 15 is 0 Å². The molecule has 1 fully saturated rings. The molecule has 0 bridgehead atoms. The van der Waals surface area contributed by atoms with Gasteiger partial charge in [-0.3, -0.25) is 4.79 Å². The SMILES string of the molecule is CC1CCCCC1CN[C@@H](C(=O)O)c1ccccc1. The molecule has 1 aliphatic rings. The van der Waals surface area contributed by atoms with Crippen LogP contribution in [0.25, 0.3) is 0 Å². The van der Waals surface area contributed by atoms with Gasteiger partial charge in [0.2, 0.25) is 0 Å². The second kappa shape index (κ2) is 6.71. The minimum atomic E-state index is -0.797. The van der Waals surface area contributed by atoms with Gasteiger partial charge in [0.25, 0.3) is 0 Å². The molecule has 1 aromatic carbocycles. The van der Waals surface area contributed by atoms with Gasteiger partial charge in [-0.1, -0.05) is 56.5 Å². The Morgan fingerprint density at radius 1 is 1.32 bits per heavy atom. The molecule has 2 N–H and O–H groups in total.